The molecular weight excluding hydrogens is 296 g/mol. The van der Waals surface area contributed by atoms with Gasteiger partial charge >= 0.3 is 0 Å². The normalized spacial score (nSPS) is 10.0. The first kappa shape index (κ1) is 16.1. The Morgan fingerprint density at radius 2 is 1.45 bits per heavy atom. The van der Waals surface area contributed by atoms with E-state index in [4.69, 9.17) is 21.7 Å². The number of benzene rings is 2. The van der Waals surface area contributed by atoms with Gasteiger partial charge < -0.3 is 20.1 Å². The average Bonchev–Trinajstić information content (AvgIpc) is 2.50. The quantitative estimate of drug-likeness (QED) is 0.830. The van der Waals surface area contributed by atoms with Crippen LogP contribution in [-0.2, 0) is 0 Å². The first-order valence-corrected chi connectivity index (χ1v) is 7.31. The number of anilines is 2. The van der Waals surface area contributed by atoms with Crippen LogP contribution >= 0.6 is 12.2 Å². The number of ether oxygens (including phenoxy) is 2. The first-order valence-electron chi connectivity index (χ1n) is 6.90. The van der Waals surface area contributed by atoms with Gasteiger partial charge in [0, 0.05) is 29.6 Å². The third-order valence-corrected chi connectivity index (χ3v) is 3.53. The highest BCUT2D eigenvalue weighted by molar-refractivity contribution is 7.80. The molecule has 0 bridgehead atoms. The van der Waals surface area contributed by atoms with Crippen LogP contribution in [0.5, 0.6) is 11.5 Å². The zero-order valence-electron chi connectivity index (χ0n) is 13.2. The lowest BCUT2D eigenvalue weighted by atomic mass is 10.1. The molecule has 0 aliphatic heterocycles. The van der Waals surface area contributed by atoms with Crippen LogP contribution in [-0.4, -0.2) is 19.3 Å². The minimum absolute atomic E-state index is 0.521. The number of hydrogen-bond donors (Lipinski definition) is 2. The van der Waals surface area contributed by atoms with E-state index in [1.165, 1.54) is 0 Å². The summed E-state index contributed by atoms with van der Waals surface area (Å²) in [5, 5.41) is 6.92. The van der Waals surface area contributed by atoms with E-state index in [2.05, 4.69) is 10.6 Å². The number of nitrogens with one attached hydrogen (secondary N) is 2. The summed E-state index contributed by atoms with van der Waals surface area (Å²) in [4.78, 5) is 0. The summed E-state index contributed by atoms with van der Waals surface area (Å²) < 4.78 is 10.5. The summed E-state index contributed by atoms with van der Waals surface area (Å²) >= 11 is 5.39. The van der Waals surface area contributed by atoms with Gasteiger partial charge in [0.2, 0.25) is 0 Å². The van der Waals surface area contributed by atoms with E-state index in [1.54, 1.807) is 14.2 Å². The maximum atomic E-state index is 5.39. The fraction of sp³-hybridized carbons (Fsp3) is 0.235. The van der Waals surface area contributed by atoms with Gasteiger partial charge in [0.1, 0.15) is 11.5 Å². The Hall–Kier alpha value is -2.27. The van der Waals surface area contributed by atoms with Crippen molar-refractivity contribution in [1.29, 1.82) is 0 Å². The van der Waals surface area contributed by atoms with Gasteiger partial charge in [-0.05, 0) is 37.2 Å². The van der Waals surface area contributed by atoms with E-state index in [9.17, 15) is 0 Å². The van der Waals surface area contributed by atoms with Crippen molar-refractivity contribution in [3.63, 3.8) is 0 Å². The highest BCUT2D eigenvalue weighted by Gasteiger charge is 2.07. The molecule has 4 nitrogen and oxygen atoms in total. The van der Waals surface area contributed by atoms with Crippen molar-refractivity contribution < 1.29 is 9.47 Å². The van der Waals surface area contributed by atoms with Crippen LogP contribution in [0.25, 0.3) is 0 Å². The van der Waals surface area contributed by atoms with Gasteiger partial charge in [-0.2, -0.15) is 0 Å². The highest BCUT2D eigenvalue weighted by atomic mass is 32.1. The van der Waals surface area contributed by atoms with E-state index >= 15 is 0 Å². The van der Waals surface area contributed by atoms with Crippen LogP contribution in [0.4, 0.5) is 11.4 Å². The molecule has 0 radical (unpaired) electrons. The molecule has 0 spiro atoms. The molecule has 0 amide bonds. The third-order valence-electron chi connectivity index (χ3n) is 3.33. The number of aryl methyl sites for hydroxylation is 2. The van der Waals surface area contributed by atoms with Crippen LogP contribution < -0.4 is 20.1 Å². The lowest BCUT2D eigenvalue weighted by molar-refractivity contribution is 0.395. The van der Waals surface area contributed by atoms with Gasteiger partial charge in [-0.15, -0.1) is 0 Å². The molecule has 0 heterocycles. The van der Waals surface area contributed by atoms with Gasteiger partial charge in [0.15, 0.2) is 5.11 Å². The molecule has 0 unspecified atom stereocenters. The molecule has 0 aliphatic rings. The fourth-order valence-corrected chi connectivity index (χ4v) is 2.39. The summed E-state index contributed by atoms with van der Waals surface area (Å²) in [7, 11) is 3.23. The summed E-state index contributed by atoms with van der Waals surface area (Å²) in [6.07, 6.45) is 0. The lowest BCUT2D eigenvalue weighted by Gasteiger charge is -2.15. The van der Waals surface area contributed by atoms with Crippen molar-refractivity contribution in [3.05, 3.63) is 47.5 Å². The van der Waals surface area contributed by atoms with Gasteiger partial charge in [-0.1, -0.05) is 18.2 Å². The topological polar surface area (TPSA) is 42.5 Å². The van der Waals surface area contributed by atoms with Crippen molar-refractivity contribution in [2.75, 3.05) is 24.9 Å². The van der Waals surface area contributed by atoms with Crippen molar-refractivity contribution in [2.24, 2.45) is 0 Å². The second-order valence-electron chi connectivity index (χ2n) is 4.95. The van der Waals surface area contributed by atoms with Crippen LogP contribution in [0.15, 0.2) is 36.4 Å². The van der Waals surface area contributed by atoms with Gasteiger partial charge in [0.25, 0.3) is 0 Å². The highest BCUT2D eigenvalue weighted by Crippen LogP contribution is 2.26. The van der Waals surface area contributed by atoms with Crippen LogP contribution in [0, 0.1) is 13.8 Å². The molecule has 0 aromatic heterocycles. The van der Waals surface area contributed by atoms with E-state index < -0.39 is 0 Å². The second-order valence-corrected chi connectivity index (χ2v) is 5.36. The lowest BCUT2D eigenvalue weighted by Crippen LogP contribution is -2.20. The fourth-order valence-electron chi connectivity index (χ4n) is 2.17. The van der Waals surface area contributed by atoms with Crippen LogP contribution in [0.1, 0.15) is 11.1 Å². The molecule has 116 valence electrons. The van der Waals surface area contributed by atoms with E-state index in [1.807, 2.05) is 50.2 Å². The zero-order chi connectivity index (χ0) is 16.1. The standard InChI is InChI=1S/C17H20N2O2S/c1-11-6-5-7-12(2)16(11)19-17(22)18-13-8-14(20-3)10-15(9-13)21-4/h5-10H,1-4H3,(H2,18,19,22). The summed E-state index contributed by atoms with van der Waals surface area (Å²) in [6.45, 7) is 4.10. The van der Waals surface area contributed by atoms with Crippen molar-refractivity contribution in [2.45, 2.75) is 13.8 Å². The predicted molar refractivity (Wildman–Crippen MR) is 95.3 cm³/mol. The van der Waals surface area contributed by atoms with Crippen LogP contribution in [0.3, 0.4) is 0 Å². The molecular formula is C17H20N2O2S. The average molecular weight is 316 g/mol. The maximum absolute atomic E-state index is 5.39. The van der Waals surface area contributed by atoms with Gasteiger partial charge in [0.05, 0.1) is 14.2 Å². The molecule has 2 aromatic rings. The Kier molecular flexibility index (Phi) is 5.22. The Labute approximate surface area is 136 Å². The monoisotopic (exact) mass is 316 g/mol. The molecule has 0 fully saturated rings. The second kappa shape index (κ2) is 7.13. The van der Waals surface area contributed by atoms with Crippen molar-refractivity contribution >= 4 is 28.7 Å². The van der Waals surface area contributed by atoms with E-state index in [0.717, 1.165) is 22.5 Å². The Morgan fingerprint density at radius 3 is 1.95 bits per heavy atom. The number of hydrogen-bond acceptors (Lipinski definition) is 3. The predicted octanol–water partition coefficient (Wildman–Crippen LogP) is 4.13. The van der Waals surface area contributed by atoms with Gasteiger partial charge in [-0.3, -0.25) is 0 Å². The Morgan fingerprint density at radius 1 is 0.909 bits per heavy atom. The third kappa shape index (κ3) is 3.89. The number of para-hydroxylation sites is 1. The summed E-state index contributed by atoms with van der Waals surface area (Å²) in [5.74, 6) is 1.41. The van der Waals surface area contributed by atoms with Gasteiger partial charge in [-0.25, -0.2) is 0 Å². The number of thiocarbonyl (C=S) groups is 1. The van der Waals surface area contributed by atoms with E-state index in [0.29, 0.717) is 16.6 Å². The molecule has 2 aromatic carbocycles. The molecule has 0 atom stereocenters. The first-order chi connectivity index (χ1) is 10.5. The molecule has 2 N–H and O–H groups in total. The van der Waals surface area contributed by atoms with Crippen LogP contribution in [0.2, 0.25) is 0 Å². The number of methoxy groups -OCH3 is 2. The maximum Gasteiger partial charge on any atom is 0.175 e. The molecule has 0 aliphatic carbocycles. The summed E-state index contributed by atoms with van der Waals surface area (Å²) in [6, 6.07) is 11.7. The smallest absolute Gasteiger partial charge is 0.175 e. The Balaban J connectivity index is 2.15. The molecule has 22 heavy (non-hydrogen) atoms. The summed E-state index contributed by atoms with van der Waals surface area (Å²) in [5.41, 5.74) is 4.12. The number of rotatable bonds is 4. The largest absolute Gasteiger partial charge is 0.497 e. The minimum atomic E-state index is 0.521. The molecule has 0 saturated heterocycles. The van der Waals surface area contributed by atoms with E-state index in [-0.39, 0.29) is 0 Å². The van der Waals surface area contributed by atoms with Crippen molar-refractivity contribution in [1.82, 2.24) is 0 Å². The minimum Gasteiger partial charge on any atom is -0.497 e. The zero-order valence-corrected chi connectivity index (χ0v) is 14.0. The molecule has 2 rings (SSSR count). The SMILES string of the molecule is COc1cc(NC(=S)Nc2c(C)cccc2C)cc(OC)c1. The molecule has 0 saturated carbocycles. The molecule has 5 heteroatoms. The Bertz CT molecular complexity index is 644. The van der Waals surface area contributed by atoms with Crippen molar-refractivity contribution in [3.8, 4) is 11.5 Å².